The SMILES string of the molecule is CC(=O)N(C)c1ccc(N2C(=O)C(=Cc3ccc(N(C)C)cc3)N=C2c2ccccc2)cc1. The van der Waals surface area contributed by atoms with Gasteiger partial charge in [-0.2, -0.15) is 0 Å². The third-order valence-electron chi connectivity index (χ3n) is 5.57. The van der Waals surface area contributed by atoms with Crippen LogP contribution < -0.4 is 14.7 Å². The summed E-state index contributed by atoms with van der Waals surface area (Å²) in [5.41, 5.74) is 4.65. The number of carbonyl (C=O) groups excluding carboxylic acids is 2. The quantitative estimate of drug-likeness (QED) is 0.549. The third-order valence-corrected chi connectivity index (χ3v) is 5.57. The fourth-order valence-electron chi connectivity index (χ4n) is 3.57. The normalized spacial score (nSPS) is 14.4. The van der Waals surface area contributed by atoms with Gasteiger partial charge < -0.3 is 9.80 Å². The number of benzene rings is 3. The Morgan fingerprint density at radius 2 is 1.45 bits per heavy atom. The van der Waals surface area contributed by atoms with E-state index < -0.39 is 0 Å². The van der Waals surface area contributed by atoms with Crippen LogP contribution >= 0.6 is 0 Å². The highest BCUT2D eigenvalue weighted by Crippen LogP contribution is 2.29. The lowest BCUT2D eigenvalue weighted by atomic mass is 10.1. The Kier molecular flexibility index (Phi) is 6.09. The number of nitrogens with zero attached hydrogens (tertiary/aromatic N) is 4. The van der Waals surface area contributed by atoms with E-state index in [1.54, 1.807) is 16.8 Å². The zero-order chi connectivity index (χ0) is 23.5. The Bertz CT molecular complexity index is 1230. The van der Waals surface area contributed by atoms with Crippen molar-refractivity contribution in [3.05, 3.63) is 95.7 Å². The average Bonchev–Trinajstić information content (AvgIpc) is 3.15. The molecule has 166 valence electrons. The molecule has 6 heteroatoms. The summed E-state index contributed by atoms with van der Waals surface area (Å²) < 4.78 is 0. The van der Waals surface area contributed by atoms with Crippen LogP contribution in [0, 0.1) is 0 Å². The maximum atomic E-state index is 13.5. The molecule has 0 saturated heterocycles. The molecule has 1 heterocycles. The van der Waals surface area contributed by atoms with Crippen molar-refractivity contribution < 1.29 is 9.59 Å². The van der Waals surface area contributed by atoms with Crippen molar-refractivity contribution in [1.29, 1.82) is 0 Å². The van der Waals surface area contributed by atoms with Crippen molar-refractivity contribution in [2.75, 3.05) is 35.8 Å². The number of carbonyl (C=O) groups is 2. The first kappa shape index (κ1) is 22.0. The highest BCUT2D eigenvalue weighted by Gasteiger charge is 2.32. The smallest absolute Gasteiger partial charge is 0.282 e. The van der Waals surface area contributed by atoms with Gasteiger partial charge in [0.2, 0.25) is 5.91 Å². The van der Waals surface area contributed by atoms with Crippen molar-refractivity contribution in [3.63, 3.8) is 0 Å². The second-order valence-corrected chi connectivity index (χ2v) is 8.05. The van der Waals surface area contributed by atoms with E-state index in [0.717, 1.165) is 22.5 Å². The van der Waals surface area contributed by atoms with Gasteiger partial charge in [-0.15, -0.1) is 0 Å². The van der Waals surface area contributed by atoms with Gasteiger partial charge >= 0.3 is 0 Å². The topological polar surface area (TPSA) is 56.2 Å². The summed E-state index contributed by atoms with van der Waals surface area (Å²) in [7, 11) is 5.70. The third kappa shape index (κ3) is 4.55. The van der Waals surface area contributed by atoms with Crippen LogP contribution in [0.25, 0.3) is 6.08 Å². The van der Waals surface area contributed by atoms with Crippen LogP contribution in [0.15, 0.2) is 89.6 Å². The molecule has 0 atom stereocenters. The van der Waals surface area contributed by atoms with E-state index >= 15 is 0 Å². The number of amidine groups is 1. The van der Waals surface area contributed by atoms with Crippen LogP contribution in [0.1, 0.15) is 18.1 Å². The van der Waals surface area contributed by atoms with Gasteiger partial charge in [-0.05, 0) is 48.0 Å². The van der Waals surface area contributed by atoms with Crippen molar-refractivity contribution in [1.82, 2.24) is 0 Å². The number of hydrogen-bond acceptors (Lipinski definition) is 4. The Hall–Kier alpha value is -4.19. The molecular formula is C27H26N4O2. The molecule has 0 saturated carbocycles. The molecule has 1 aliphatic heterocycles. The Balaban J connectivity index is 1.73. The molecule has 33 heavy (non-hydrogen) atoms. The summed E-state index contributed by atoms with van der Waals surface area (Å²) in [5, 5.41) is 0. The summed E-state index contributed by atoms with van der Waals surface area (Å²) in [4.78, 5) is 35.1. The maximum absolute atomic E-state index is 13.5. The standard InChI is InChI=1S/C27H26N4O2/c1-19(32)30(4)23-14-16-24(17-15-23)31-26(21-8-6-5-7-9-21)28-25(27(31)33)18-20-10-12-22(13-11-20)29(2)3/h5-18H,1-4H3. The zero-order valence-corrected chi connectivity index (χ0v) is 19.2. The molecule has 0 unspecified atom stereocenters. The summed E-state index contributed by atoms with van der Waals surface area (Å²) in [6, 6.07) is 24.9. The van der Waals surface area contributed by atoms with Crippen molar-refractivity contribution >= 4 is 40.8 Å². The van der Waals surface area contributed by atoms with E-state index in [2.05, 4.69) is 0 Å². The molecule has 6 nitrogen and oxygen atoms in total. The lowest BCUT2D eigenvalue weighted by Gasteiger charge is -2.20. The molecule has 0 aliphatic carbocycles. The first-order valence-electron chi connectivity index (χ1n) is 10.7. The second-order valence-electron chi connectivity index (χ2n) is 8.05. The second kappa shape index (κ2) is 9.12. The van der Waals surface area contributed by atoms with Crippen LogP contribution in [-0.2, 0) is 9.59 Å². The summed E-state index contributed by atoms with van der Waals surface area (Å²) in [5.74, 6) is 0.319. The molecule has 2 amide bonds. The first-order valence-corrected chi connectivity index (χ1v) is 10.7. The monoisotopic (exact) mass is 438 g/mol. The summed E-state index contributed by atoms with van der Waals surface area (Å²) in [6.07, 6.45) is 1.81. The van der Waals surface area contributed by atoms with Crippen LogP contribution in [0.4, 0.5) is 17.1 Å². The van der Waals surface area contributed by atoms with E-state index in [9.17, 15) is 9.59 Å². The minimum Gasteiger partial charge on any atom is -0.378 e. The molecule has 1 aliphatic rings. The van der Waals surface area contributed by atoms with Crippen molar-refractivity contribution in [2.45, 2.75) is 6.92 Å². The predicted molar refractivity (Wildman–Crippen MR) is 135 cm³/mol. The van der Waals surface area contributed by atoms with E-state index in [-0.39, 0.29) is 11.8 Å². The molecule has 0 radical (unpaired) electrons. The molecular weight excluding hydrogens is 412 g/mol. The highest BCUT2D eigenvalue weighted by atomic mass is 16.2. The van der Waals surface area contributed by atoms with Crippen LogP contribution in [-0.4, -0.2) is 38.8 Å². The van der Waals surface area contributed by atoms with Crippen molar-refractivity contribution in [3.8, 4) is 0 Å². The fourth-order valence-corrected chi connectivity index (χ4v) is 3.57. The van der Waals surface area contributed by atoms with Crippen LogP contribution in [0.3, 0.4) is 0 Å². The zero-order valence-electron chi connectivity index (χ0n) is 19.2. The maximum Gasteiger partial charge on any atom is 0.282 e. The molecule has 3 aromatic rings. The Morgan fingerprint density at radius 1 is 0.848 bits per heavy atom. The number of aliphatic imine (C=N–C) groups is 1. The van der Waals surface area contributed by atoms with Gasteiger partial charge in [0.05, 0.1) is 5.69 Å². The van der Waals surface area contributed by atoms with Gasteiger partial charge in [0.15, 0.2) is 0 Å². The van der Waals surface area contributed by atoms with Crippen molar-refractivity contribution in [2.24, 2.45) is 4.99 Å². The fraction of sp³-hybridized carbons (Fsp3) is 0.148. The minimum atomic E-state index is -0.196. The molecule has 0 N–H and O–H groups in total. The minimum absolute atomic E-state index is 0.0583. The first-order chi connectivity index (χ1) is 15.8. The number of hydrogen-bond donors (Lipinski definition) is 0. The van der Waals surface area contributed by atoms with Gasteiger partial charge in [-0.25, -0.2) is 4.99 Å². The largest absolute Gasteiger partial charge is 0.378 e. The number of anilines is 3. The lowest BCUT2D eigenvalue weighted by Crippen LogP contribution is -2.32. The molecule has 4 rings (SSSR count). The van der Waals surface area contributed by atoms with Gasteiger partial charge in [0.1, 0.15) is 11.5 Å². The van der Waals surface area contributed by atoms with E-state index in [1.165, 1.54) is 6.92 Å². The molecule has 3 aromatic carbocycles. The summed E-state index contributed by atoms with van der Waals surface area (Å²) >= 11 is 0. The van der Waals surface area contributed by atoms with Gasteiger partial charge in [-0.1, -0.05) is 42.5 Å². The lowest BCUT2D eigenvalue weighted by molar-refractivity contribution is -0.116. The Labute approximate surface area is 194 Å². The van der Waals surface area contributed by atoms with Crippen LogP contribution in [0.2, 0.25) is 0 Å². The average molecular weight is 439 g/mol. The molecule has 0 bridgehead atoms. The highest BCUT2D eigenvalue weighted by molar-refractivity contribution is 6.33. The van der Waals surface area contributed by atoms with E-state index in [4.69, 9.17) is 4.99 Å². The van der Waals surface area contributed by atoms with E-state index in [1.807, 2.05) is 104 Å². The van der Waals surface area contributed by atoms with E-state index in [0.29, 0.717) is 17.2 Å². The number of rotatable bonds is 5. The van der Waals surface area contributed by atoms with Crippen LogP contribution in [0.5, 0.6) is 0 Å². The molecule has 0 fully saturated rings. The number of amides is 2. The van der Waals surface area contributed by atoms with Gasteiger partial charge in [0.25, 0.3) is 5.91 Å². The molecule has 0 aromatic heterocycles. The van der Waals surface area contributed by atoms with Gasteiger partial charge in [-0.3, -0.25) is 14.5 Å². The summed E-state index contributed by atoms with van der Waals surface area (Å²) in [6.45, 7) is 1.51. The van der Waals surface area contributed by atoms with Gasteiger partial charge in [0, 0.05) is 45.0 Å². The predicted octanol–water partition coefficient (Wildman–Crippen LogP) is 4.57. The Morgan fingerprint density at radius 3 is 2.03 bits per heavy atom. The molecule has 0 spiro atoms.